The topological polar surface area (TPSA) is 62.7 Å². The molecule has 0 saturated heterocycles. The van der Waals surface area contributed by atoms with E-state index in [0.717, 1.165) is 35.4 Å². The molecule has 0 saturated carbocycles. The Kier molecular flexibility index (Phi) is 4.89. The molecule has 2 aromatic heterocycles. The highest BCUT2D eigenvalue weighted by molar-refractivity contribution is 7.11. The largest absolute Gasteiger partial charge is 0.370 e. The van der Waals surface area contributed by atoms with Crippen molar-refractivity contribution < 1.29 is 0 Å². The predicted octanol–water partition coefficient (Wildman–Crippen LogP) is 3.54. The Morgan fingerprint density at radius 2 is 2.00 bits per heavy atom. The van der Waals surface area contributed by atoms with Crippen LogP contribution in [0.4, 0.5) is 11.6 Å². The molecular formula is C14H21N5S. The van der Waals surface area contributed by atoms with Crippen LogP contribution in [0.1, 0.15) is 42.0 Å². The molecule has 0 spiro atoms. The summed E-state index contributed by atoms with van der Waals surface area (Å²) >= 11 is 1.70. The van der Waals surface area contributed by atoms with Gasteiger partial charge in [0.15, 0.2) is 0 Å². The third kappa shape index (κ3) is 3.90. The molecule has 20 heavy (non-hydrogen) atoms. The summed E-state index contributed by atoms with van der Waals surface area (Å²) in [6.45, 7) is 9.11. The first-order valence-electron chi connectivity index (χ1n) is 6.87. The maximum absolute atomic E-state index is 4.43. The molecule has 1 atom stereocenters. The van der Waals surface area contributed by atoms with Crippen molar-refractivity contribution in [1.82, 2.24) is 15.0 Å². The summed E-state index contributed by atoms with van der Waals surface area (Å²) in [5.74, 6) is 2.46. The van der Waals surface area contributed by atoms with E-state index >= 15 is 0 Å². The van der Waals surface area contributed by atoms with E-state index < -0.39 is 0 Å². The Morgan fingerprint density at radius 3 is 2.65 bits per heavy atom. The van der Waals surface area contributed by atoms with E-state index in [0.29, 0.717) is 0 Å². The Labute approximate surface area is 123 Å². The molecule has 0 aliphatic carbocycles. The van der Waals surface area contributed by atoms with Gasteiger partial charge in [-0.1, -0.05) is 6.92 Å². The molecule has 6 heteroatoms. The third-order valence-corrected chi connectivity index (χ3v) is 3.86. The van der Waals surface area contributed by atoms with Gasteiger partial charge in [0.25, 0.3) is 0 Å². The Balaban J connectivity index is 2.10. The summed E-state index contributed by atoms with van der Waals surface area (Å²) < 4.78 is 0. The molecule has 0 aromatic carbocycles. The minimum atomic E-state index is 0.141. The highest BCUT2D eigenvalue weighted by atomic mass is 32.1. The summed E-state index contributed by atoms with van der Waals surface area (Å²) in [4.78, 5) is 14.4. The van der Waals surface area contributed by atoms with Gasteiger partial charge in [-0.15, -0.1) is 11.3 Å². The average molecular weight is 291 g/mol. The van der Waals surface area contributed by atoms with Crippen molar-refractivity contribution in [2.75, 3.05) is 17.2 Å². The van der Waals surface area contributed by atoms with Crippen molar-refractivity contribution in [2.24, 2.45) is 0 Å². The lowest BCUT2D eigenvalue weighted by Crippen LogP contribution is -2.10. The van der Waals surface area contributed by atoms with Crippen LogP contribution in [0.5, 0.6) is 0 Å². The standard InChI is InChI=1S/C14H21N5S/c1-5-6-15-12-7-13(19-11(4)18-12)17-10(3)14-16-8-9(2)20-14/h7-8,10H,5-6H2,1-4H3,(H2,15,17,18,19). The second-order valence-corrected chi connectivity index (χ2v) is 6.05. The van der Waals surface area contributed by atoms with Gasteiger partial charge in [0.2, 0.25) is 0 Å². The maximum Gasteiger partial charge on any atom is 0.132 e. The lowest BCUT2D eigenvalue weighted by atomic mass is 10.3. The average Bonchev–Trinajstić information content (AvgIpc) is 2.82. The van der Waals surface area contributed by atoms with Gasteiger partial charge in [0, 0.05) is 23.7 Å². The van der Waals surface area contributed by atoms with Crippen molar-refractivity contribution in [3.8, 4) is 0 Å². The number of hydrogen-bond donors (Lipinski definition) is 2. The number of anilines is 2. The van der Waals surface area contributed by atoms with Gasteiger partial charge in [0.1, 0.15) is 22.5 Å². The monoisotopic (exact) mass is 291 g/mol. The van der Waals surface area contributed by atoms with Gasteiger partial charge in [-0.3, -0.25) is 0 Å². The fourth-order valence-electron chi connectivity index (χ4n) is 1.84. The number of hydrogen-bond acceptors (Lipinski definition) is 6. The Morgan fingerprint density at radius 1 is 1.25 bits per heavy atom. The van der Waals surface area contributed by atoms with E-state index in [9.17, 15) is 0 Å². The molecule has 0 radical (unpaired) electrons. The first-order chi connectivity index (χ1) is 9.58. The predicted molar refractivity (Wildman–Crippen MR) is 84.4 cm³/mol. The molecule has 0 aliphatic heterocycles. The number of aryl methyl sites for hydroxylation is 2. The van der Waals surface area contributed by atoms with Gasteiger partial charge in [-0.05, 0) is 27.2 Å². The molecule has 108 valence electrons. The van der Waals surface area contributed by atoms with Crippen molar-refractivity contribution in [2.45, 2.75) is 40.2 Å². The number of nitrogens with zero attached hydrogens (tertiary/aromatic N) is 3. The molecule has 5 nitrogen and oxygen atoms in total. The Hall–Kier alpha value is -1.69. The minimum absolute atomic E-state index is 0.141. The van der Waals surface area contributed by atoms with Gasteiger partial charge in [0.05, 0.1) is 6.04 Å². The van der Waals surface area contributed by atoms with Gasteiger partial charge in [-0.25, -0.2) is 15.0 Å². The SMILES string of the molecule is CCCNc1cc(NC(C)c2ncc(C)s2)nc(C)n1. The van der Waals surface area contributed by atoms with Crippen LogP contribution >= 0.6 is 11.3 Å². The van der Waals surface area contributed by atoms with Crippen molar-refractivity contribution in [3.63, 3.8) is 0 Å². The fraction of sp³-hybridized carbons (Fsp3) is 0.500. The van der Waals surface area contributed by atoms with Crippen molar-refractivity contribution in [1.29, 1.82) is 0 Å². The molecule has 0 amide bonds. The van der Waals surface area contributed by atoms with Crippen LogP contribution in [0.3, 0.4) is 0 Å². The summed E-state index contributed by atoms with van der Waals surface area (Å²) in [7, 11) is 0. The normalized spacial score (nSPS) is 12.2. The smallest absolute Gasteiger partial charge is 0.132 e. The summed E-state index contributed by atoms with van der Waals surface area (Å²) in [6, 6.07) is 2.08. The van der Waals surface area contributed by atoms with Crippen LogP contribution in [0.2, 0.25) is 0 Å². The van der Waals surface area contributed by atoms with Gasteiger partial charge >= 0.3 is 0 Å². The lowest BCUT2D eigenvalue weighted by molar-refractivity contribution is 0.853. The molecule has 1 unspecified atom stereocenters. The van der Waals surface area contributed by atoms with Crippen LogP contribution in [0, 0.1) is 13.8 Å². The zero-order valence-electron chi connectivity index (χ0n) is 12.4. The number of nitrogens with one attached hydrogen (secondary N) is 2. The second kappa shape index (κ2) is 6.65. The highest BCUT2D eigenvalue weighted by Crippen LogP contribution is 2.23. The van der Waals surface area contributed by atoms with Crippen molar-refractivity contribution >= 4 is 23.0 Å². The molecule has 2 N–H and O–H groups in total. The quantitative estimate of drug-likeness (QED) is 0.852. The first-order valence-corrected chi connectivity index (χ1v) is 7.68. The molecule has 2 rings (SSSR count). The molecule has 2 aromatic rings. The van der Waals surface area contributed by atoms with Crippen LogP contribution in [-0.4, -0.2) is 21.5 Å². The van der Waals surface area contributed by atoms with Crippen LogP contribution in [-0.2, 0) is 0 Å². The molecule has 0 fully saturated rings. The molecular weight excluding hydrogens is 270 g/mol. The van der Waals surface area contributed by atoms with Crippen molar-refractivity contribution in [3.05, 3.63) is 28.0 Å². The van der Waals surface area contributed by atoms with E-state index in [1.165, 1.54) is 4.88 Å². The zero-order valence-corrected chi connectivity index (χ0v) is 13.2. The zero-order chi connectivity index (χ0) is 14.5. The summed E-state index contributed by atoms with van der Waals surface area (Å²) in [5, 5.41) is 7.75. The van der Waals surface area contributed by atoms with Crippen LogP contribution < -0.4 is 10.6 Å². The van der Waals surface area contributed by atoms with Gasteiger partial charge in [-0.2, -0.15) is 0 Å². The number of rotatable bonds is 6. The van der Waals surface area contributed by atoms with E-state index in [1.54, 1.807) is 11.3 Å². The second-order valence-electron chi connectivity index (χ2n) is 4.79. The highest BCUT2D eigenvalue weighted by Gasteiger charge is 2.11. The molecule has 0 aliphatic rings. The van der Waals surface area contributed by atoms with E-state index in [1.807, 2.05) is 19.2 Å². The summed E-state index contributed by atoms with van der Waals surface area (Å²) in [6.07, 6.45) is 2.97. The molecule has 0 bridgehead atoms. The van der Waals surface area contributed by atoms with E-state index in [2.05, 4.69) is 46.4 Å². The Bertz CT molecular complexity index is 566. The third-order valence-electron chi connectivity index (χ3n) is 2.77. The minimum Gasteiger partial charge on any atom is -0.370 e. The van der Waals surface area contributed by atoms with Gasteiger partial charge < -0.3 is 10.6 Å². The summed E-state index contributed by atoms with van der Waals surface area (Å²) in [5.41, 5.74) is 0. The fourth-order valence-corrected chi connectivity index (χ4v) is 2.62. The first kappa shape index (κ1) is 14.7. The molecule has 2 heterocycles. The number of aromatic nitrogens is 3. The number of thiazole rings is 1. The van der Waals surface area contributed by atoms with Crippen LogP contribution in [0.25, 0.3) is 0 Å². The maximum atomic E-state index is 4.43. The lowest BCUT2D eigenvalue weighted by Gasteiger charge is -2.13. The van der Waals surface area contributed by atoms with E-state index in [-0.39, 0.29) is 6.04 Å². The van der Waals surface area contributed by atoms with Crippen LogP contribution in [0.15, 0.2) is 12.3 Å². The van der Waals surface area contributed by atoms with E-state index in [4.69, 9.17) is 0 Å².